The number of phenols is 1. The number of nitro groups is 1. The van der Waals surface area contributed by atoms with E-state index in [2.05, 4.69) is 18.7 Å². The average Bonchev–Trinajstić information content (AvgIpc) is 3.57. The highest BCUT2D eigenvalue weighted by Gasteiger charge is 2.52. The highest BCUT2D eigenvalue weighted by atomic mass is 16.6. The molecule has 0 amide bonds. The Balaban J connectivity index is 1.66. The predicted molar refractivity (Wildman–Crippen MR) is 125 cm³/mol. The Morgan fingerprint density at radius 1 is 1.03 bits per heavy atom. The van der Waals surface area contributed by atoms with Crippen LogP contribution in [0.2, 0.25) is 0 Å². The number of hydrogen-bond donors (Lipinski definition) is 1. The number of rotatable bonds is 3. The van der Waals surface area contributed by atoms with E-state index in [0.29, 0.717) is 35.1 Å². The van der Waals surface area contributed by atoms with Gasteiger partial charge in [0.25, 0.3) is 0 Å². The Hall–Kier alpha value is -3.74. The predicted octanol–water partition coefficient (Wildman–Crippen LogP) is 5.11. The van der Waals surface area contributed by atoms with Gasteiger partial charge in [-0.25, -0.2) is 0 Å². The fraction of sp³-hybridized carbons (Fsp3) is 0.333. The minimum Gasteiger partial charge on any atom is -0.502 e. The molecule has 7 heteroatoms. The van der Waals surface area contributed by atoms with Gasteiger partial charge in [0.1, 0.15) is 0 Å². The second-order valence-electron chi connectivity index (χ2n) is 10.5. The third-order valence-corrected chi connectivity index (χ3v) is 7.37. The van der Waals surface area contributed by atoms with Crippen LogP contribution in [0.3, 0.4) is 0 Å². The average molecular weight is 456 g/mol. The zero-order chi connectivity index (χ0) is 23.9. The Labute approximate surface area is 196 Å². The summed E-state index contributed by atoms with van der Waals surface area (Å²) < 4.78 is 0. The summed E-state index contributed by atoms with van der Waals surface area (Å²) in [4.78, 5) is 40.6. The first kappa shape index (κ1) is 20.8. The Bertz CT molecular complexity index is 1380. The van der Waals surface area contributed by atoms with Crippen molar-refractivity contribution in [3.63, 3.8) is 0 Å². The second-order valence-corrected chi connectivity index (χ2v) is 10.5. The van der Waals surface area contributed by atoms with Crippen LogP contribution in [0.1, 0.15) is 66.9 Å². The minimum absolute atomic E-state index is 0.0204. The molecule has 172 valence electrons. The lowest BCUT2D eigenvalue weighted by Gasteiger charge is -2.44. The van der Waals surface area contributed by atoms with Crippen molar-refractivity contribution in [2.24, 2.45) is 5.41 Å². The molecule has 7 nitrogen and oxygen atoms in total. The van der Waals surface area contributed by atoms with Gasteiger partial charge in [0.05, 0.1) is 10.6 Å². The molecule has 6 rings (SSSR count). The van der Waals surface area contributed by atoms with Crippen LogP contribution in [0, 0.1) is 15.5 Å². The van der Waals surface area contributed by atoms with Gasteiger partial charge in [0.15, 0.2) is 17.3 Å². The van der Waals surface area contributed by atoms with Gasteiger partial charge in [-0.1, -0.05) is 44.2 Å². The van der Waals surface area contributed by atoms with Crippen LogP contribution in [-0.2, 0) is 4.79 Å². The number of Topliss-reactive ketones (excluding diaryl/α,β-unsaturated/α-hetero) is 2. The zero-order valence-corrected chi connectivity index (χ0v) is 19.0. The highest BCUT2D eigenvalue weighted by Crippen LogP contribution is 2.57. The van der Waals surface area contributed by atoms with Gasteiger partial charge in [-0.05, 0) is 36.3 Å². The fourth-order valence-corrected chi connectivity index (χ4v) is 5.87. The molecule has 1 fully saturated rings. The number of hydrogen-bond acceptors (Lipinski definition) is 6. The van der Waals surface area contributed by atoms with E-state index in [1.165, 1.54) is 12.1 Å². The number of nitrogens with zero attached hydrogens (tertiary/aromatic N) is 2. The number of aromatic hydroxyl groups is 1. The number of ketones is 2. The van der Waals surface area contributed by atoms with Crippen LogP contribution in [0.25, 0.3) is 5.70 Å². The van der Waals surface area contributed by atoms with Gasteiger partial charge < -0.3 is 10.0 Å². The molecule has 0 saturated heterocycles. The monoisotopic (exact) mass is 456 g/mol. The zero-order valence-electron chi connectivity index (χ0n) is 19.0. The van der Waals surface area contributed by atoms with E-state index in [-0.39, 0.29) is 23.0 Å². The molecular weight excluding hydrogens is 432 g/mol. The molecule has 1 heterocycles. The number of phenolic OH excluding ortho intramolecular Hbond substituents is 1. The SMILES string of the molecule is CC1(C)CC(=O)C2=C(C1)N(C1CC1)C1=C(C(=O)c3ccccc31)C2c1ccc(O)c([N+](=O)[O-])c1. The van der Waals surface area contributed by atoms with E-state index in [1.54, 1.807) is 6.07 Å². The molecule has 1 saturated carbocycles. The number of carbonyl (C=O) groups is 2. The van der Waals surface area contributed by atoms with Crippen molar-refractivity contribution in [3.05, 3.63) is 86.1 Å². The quantitative estimate of drug-likeness (QED) is 0.509. The van der Waals surface area contributed by atoms with Crippen molar-refractivity contribution >= 4 is 23.0 Å². The summed E-state index contributed by atoms with van der Waals surface area (Å²) >= 11 is 0. The maximum absolute atomic E-state index is 13.8. The van der Waals surface area contributed by atoms with Crippen LogP contribution in [0.4, 0.5) is 5.69 Å². The van der Waals surface area contributed by atoms with E-state index < -0.39 is 22.3 Å². The maximum atomic E-state index is 13.8. The van der Waals surface area contributed by atoms with Gasteiger partial charge in [0, 0.05) is 52.4 Å². The van der Waals surface area contributed by atoms with Crippen LogP contribution in [0.5, 0.6) is 5.75 Å². The van der Waals surface area contributed by atoms with Crippen molar-refractivity contribution < 1.29 is 19.6 Å². The largest absolute Gasteiger partial charge is 0.502 e. The van der Waals surface area contributed by atoms with Gasteiger partial charge in [-0.3, -0.25) is 19.7 Å². The third kappa shape index (κ3) is 2.89. The smallest absolute Gasteiger partial charge is 0.310 e. The summed E-state index contributed by atoms with van der Waals surface area (Å²) in [6.07, 6.45) is 3.03. The van der Waals surface area contributed by atoms with Gasteiger partial charge in [0.2, 0.25) is 0 Å². The van der Waals surface area contributed by atoms with Crippen LogP contribution >= 0.6 is 0 Å². The van der Waals surface area contributed by atoms with Crippen LogP contribution < -0.4 is 0 Å². The van der Waals surface area contributed by atoms with E-state index in [9.17, 15) is 24.8 Å². The summed E-state index contributed by atoms with van der Waals surface area (Å²) in [6, 6.07) is 11.9. The molecule has 2 aromatic rings. The van der Waals surface area contributed by atoms with Gasteiger partial charge in [-0.15, -0.1) is 0 Å². The first-order chi connectivity index (χ1) is 16.2. The molecule has 1 aliphatic heterocycles. The van der Waals surface area contributed by atoms with Crippen molar-refractivity contribution in [2.75, 3.05) is 0 Å². The summed E-state index contributed by atoms with van der Waals surface area (Å²) in [5.41, 5.74) is 4.14. The molecule has 3 aliphatic carbocycles. The van der Waals surface area contributed by atoms with Crippen molar-refractivity contribution in [3.8, 4) is 5.75 Å². The maximum Gasteiger partial charge on any atom is 0.310 e. The first-order valence-corrected chi connectivity index (χ1v) is 11.6. The summed E-state index contributed by atoms with van der Waals surface area (Å²) in [5, 5.41) is 21.6. The molecule has 1 N–H and O–H groups in total. The standard InChI is InChI=1S/C27H24N2O5/c1-27(2)12-19-23(21(31)13-27)22(14-7-10-20(30)18(11-14)29(33)34)24-25(28(19)15-8-9-15)16-5-3-4-6-17(16)26(24)32/h3-7,10-11,15,22,30H,8-9,12-13H2,1-2H3. The topological polar surface area (TPSA) is 101 Å². The summed E-state index contributed by atoms with van der Waals surface area (Å²) in [7, 11) is 0. The van der Waals surface area contributed by atoms with Crippen LogP contribution in [-0.4, -0.2) is 32.5 Å². The number of fused-ring (bicyclic) bond motifs is 2. The lowest BCUT2D eigenvalue weighted by molar-refractivity contribution is -0.385. The Morgan fingerprint density at radius 3 is 2.41 bits per heavy atom. The molecule has 1 atom stereocenters. The molecule has 34 heavy (non-hydrogen) atoms. The van der Waals surface area contributed by atoms with E-state index in [1.807, 2.05) is 24.3 Å². The Kier molecular flexibility index (Phi) is 4.22. The van der Waals surface area contributed by atoms with Gasteiger partial charge in [-0.2, -0.15) is 0 Å². The number of benzene rings is 2. The number of carbonyl (C=O) groups excluding carboxylic acids is 2. The number of nitro benzene ring substituents is 1. The highest BCUT2D eigenvalue weighted by molar-refractivity contribution is 6.23. The van der Waals surface area contributed by atoms with Crippen molar-refractivity contribution in [1.29, 1.82) is 0 Å². The van der Waals surface area contributed by atoms with E-state index in [4.69, 9.17) is 0 Å². The van der Waals surface area contributed by atoms with Crippen molar-refractivity contribution in [2.45, 2.75) is 51.5 Å². The molecular formula is C27H24N2O5. The molecule has 0 bridgehead atoms. The molecule has 0 aromatic heterocycles. The minimum atomic E-state index is -0.706. The summed E-state index contributed by atoms with van der Waals surface area (Å²) in [6.45, 7) is 4.16. The van der Waals surface area contributed by atoms with E-state index in [0.717, 1.165) is 29.8 Å². The first-order valence-electron chi connectivity index (χ1n) is 11.6. The lowest BCUT2D eigenvalue weighted by Crippen LogP contribution is -2.40. The number of allylic oxidation sites excluding steroid dienone is 3. The van der Waals surface area contributed by atoms with E-state index >= 15 is 0 Å². The molecule has 1 unspecified atom stereocenters. The van der Waals surface area contributed by atoms with Crippen LogP contribution in [0.15, 0.2) is 59.3 Å². The van der Waals surface area contributed by atoms with Gasteiger partial charge >= 0.3 is 5.69 Å². The third-order valence-electron chi connectivity index (χ3n) is 7.37. The normalized spacial score (nSPS) is 23.1. The van der Waals surface area contributed by atoms with Crippen molar-refractivity contribution in [1.82, 2.24) is 4.90 Å². The lowest BCUT2D eigenvalue weighted by atomic mass is 9.68. The summed E-state index contributed by atoms with van der Waals surface area (Å²) in [5.74, 6) is -1.30. The molecule has 0 spiro atoms. The molecule has 0 radical (unpaired) electrons. The molecule has 4 aliphatic rings. The molecule has 2 aromatic carbocycles. The fourth-order valence-electron chi connectivity index (χ4n) is 5.87. The second kappa shape index (κ2) is 6.88. The Morgan fingerprint density at radius 2 is 1.74 bits per heavy atom.